The van der Waals surface area contributed by atoms with Gasteiger partial charge in [0.2, 0.25) is 0 Å². The zero-order valence-corrected chi connectivity index (χ0v) is 16.9. The molecule has 6 heteroatoms. The topological polar surface area (TPSA) is 12.0 Å². The predicted molar refractivity (Wildman–Crippen MR) is 99.4 cm³/mol. The molecule has 0 amide bonds. The SMILES string of the molecule is CCNC(c1cc(Br)c(Cl)s1)c1cc(Br)ccc1I. The average molecular weight is 535 g/mol. The minimum absolute atomic E-state index is 0.170. The van der Waals surface area contributed by atoms with Crippen molar-refractivity contribution in [2.45, 2.75) is 13.0 Å². The highest BCUT2D eigenvalue weighted by atomic mass is 127. The van der Waals surface area contributed by atoms with E-state index >= 15 is 0 Å². The van der Waals surface area contributed by atoms with E-state index in [9.17, 15) is 0 Å². The third kappa shape index (κ3) is 3.95. The zero-order valence-electron chi connectivity index (χ0n) is 10.0. The van der Waals surface area contributed by atoms with E-state index in [1.165, 1.54) is 14.0 Å². The van der Waals surface area contributed by atoms with Crippen molar-refractivity contribution in [2.24, 2.45) is 0 Å². The first-order valence-electron chi connectivity index (χ1n) is 5.66. The highest BCUT2D eigenvalue weighted by molar-refractivity contribution is 14.1. The molecule has 1 aromatic carbocycles. The van der Waals surface area contributed by atoms with Crippen LogP contribution in [0.2, 0.25) is 4.34 Å². The van der Waals surface area contributed by atoms with Crippen LogP contribution in [0.25, 0.3) is 0 Å². The molecule has 1 heterocycles. The summed E-state index contributed by atoms with van der Waals surface area (Å²) in [6.07, 6.45) is 0. The fourth-order valence-corrected chi connectivity index (χ4v) is 4.67. The highest BCUT2D eigenvalue weighted by Gasteiger charge is 2.19. The van der Waals surface area contributed by atoms with Crippen LogP contribution in [0, 0.1) is 3.57 Å². The number of benzene rings is 1. The van der Waals surface area contributed by atoms with Crippen LogP contribution in [0.5, 0.6) is 0 Å². The van der Waals surface area contributed by atoms with Gasteiger partial charge in [0.25, 0.3) is 0 Å². The second-order valence-electron chi connectivity index (χ2n) is 3.93. The Balaban J connectivity index is 2.47. The number of halogens is 4. The van der Waals surface area contributed by atoms with Crippen molar-refractivity contribution in [1.29, 1.82) is 0 Å². The zero-order chi connectivity index (χ0) is 14.0. The number of hydrogen-bond acceptors (Lipinski definition) is 2. The third-order valence-electron chi connectivity index (χ3n) is 2.63. The maximum atomic E-state index is 6.16. The Labute approximate surface area is 152 Å². The lowest BCUT2D eigenvalue weighted by molar-refractivity contribution is 0.637. The minimum Gasteiger partial charge on any atom is -0.306 e. The summed E-state index contributed by atoms with van der Waals surface area (Å²) in [4.78, 5) is 1.22. The van der Waals surface area contributed by atoms with Crippen LogP contribution in [-0.4, -0.2) is 6.54 Å². The molecular formula is C13H11Br2ClINS. The normalized spacial score (nSPS) is 12.7. The second-order valence-corrected chi connectivity index (χ2v) is 8.54. The summed E-state index contributed by atoms with van der Waals surface area (Å²) in [5, 5.41) is 3.53. The molecule has 0 fully saturated rings. The van der Waals surface area contributed by atoms with Gasteiger partial charge in [-0.1, -0.05) is 34.5 Å². The molecule has 0 aliphatic heterocycles. The minimum atomic E-state index is 0.170. The lowest BCUT2D eigenvalue weighted by Crippen LogP contribution is -2.22. The van der Waals surface area contributed by atoms with E-state index < -0.39 is 0 Å². The summed E-state index contributed by atoms with van der Waals surface area (Å²) in [6.45, 7) is 3.02. The quantitative estimate of drug-likeness (QED) is 0.458. The van der Waals surface area contributed by atoms with E-state index in [2.05, 4.69) is 91.0 Å². The Hall–Kier alpha value is 0.860. The predicted octanol–water partition coefficient (Wildman–Crippen LogP) is 6.23. The van der Waals surface area contributed by atoms with Gasteiger partial charge >= 0.3 is 0 Å². The number of thiophene rings is 1. The Morgan fingerprint density at radius 1 is 1.37 bits per heavy atom. The van der Waals surface area contributed by atoms with Crippen LogP contribution in [-0.2, 0) is 0 Å². The van der Waals surface area contributed by atoms with Gasteiger partial charge in [0.15, 0.2) is 0 Å². The molecule has 0 aliphatic rings. The summed E-state index contributed by atoms with van der Waals surface area (Å²) in [7, 11) is 0. The largest absolute Gasteiger partial charge is 0.306 e. The summed E-state index contributed by atoms with van der Waals surface area (Å²) in [5.41, 5.74) is 1.27. The molecule has 0 saturated carbocycles. The van der Waals surface area contributed by atoms with E-state index in [0.29, 0.717) is 0 Å². The first-order chi connectivity index (χ1) is 9.02. The smallest absolute Gasteiger partial charge is 0.107 e. The maximum Gasteiger partial charge on any atom is 0.107 e. The molecule has 2 aromatic rings. The van der Waals surface area contributed by atoms with Crippen molar-refractivity contribution < 1.29 is 0 Å². The summed E-state index contributed by atoms with van der Waals surface area (Å²) < 4.78 is 4.09. The molecule has 19 heavy (non-hydrogen) atoms. The van der Waals surface area contributed by atoms with Gasteiger partial charge in [0.05, 0.1) is 6.04 Å². The van der Waals surface area contributed by atoms with Crippen molar-refractivity contribution in [3.8, 4) is 0 Å². The molecular weight excluding hydrogens is 524 g/mol. The molecule has 2 rings (SSSR count). The van der Waals surface area contributed by atoms with E-state index in [1.54, 1.807) is 11.3 Å². The molecule has 0 saturated heterocycles. The molecule has 0 bridgehead atoms. The van der Waals surface area contributed by atoms with Crippen LogP contribution >= 0.6 is 77.4 Å². The van der Waals surface area contributed by atoms with Gasteiger partial charge in [-0.3, -0.25) is 0 Å². The van der Waals surface area contributed by atoms with Gasteiger partial charge in [0, 0.05) is 17.4 Å². The van der Waals surface area contributed by atoms with Gasteiger partial charge in [-0.2, -0.15) is 0 Å². The third-order valence-corrected chi connectivity index (χ3v) is 6.64. The van der Waals surface area contributed by atoms with Crippen molar-refractivity contribution in [3.63, 3.8) is 0 Å². The molecule has 102 valence electrons. The summed E-state index contributed by atoms with van der Waals surface area (Å²) in [5.74, 6) is 0. The number of nitrogens with one attached hydrogen (secondary N) is 1. The molecule has 1 nitrogen and oxygen atoms in total. The van der Waals surface area contributed by atoms with Gasteiger partial charge in [-0.25, -0.2) is 0 Å². The molecule has 1 N–H and O–H groups in total. The fourth-order valence-electron chi connectivity index (χ4n) is 1.81. The van der Waals surface area contributed by atoms with Crippen LogP contribution in [0.15, 0.2) is 33.2 Å². The average Bonchev–Trinajstić information content (AvgIpc) is 2.70. The van der Waals surface area contributed by atoms with E-state index in [-0.39, 0.29) is 6.04 Å². The Morgan fingerprint density at radius 3 is 2.68 bits per heavy atom. The molecule has 0 radical (unpaired) electrons. The Kier molecular flexibility index (Phi) is 6.17. The first kappa shape index (κ1) is 16.2. The molecule has 0 spiro atoms. The number of rotatable bonds is 4. The lowest BCUT2D eigenvalue weighted by atomic mass is 10.1. The van der Waals surface area contributed by atoms with Gasteiger partial charge in [-0.05, 0) is 74.9 Å². The molecule has 1 unspecified atom stereocenters. The Bertz CT molecular complexity index is 569. The van der Waals surface area contributed by atoms with Crippen LogP contribution in [0.3, 0.4) is 0 Å². The summed E-state index contributed by atoms with van der Waals surface area (Å²) >= 11 is 17.2. The number of hydrogen-bond donors (Lipinski definition) is 1. The fraction of sp³-hybridized carbons (Fsp3) is 0.231. The second kappa shape index (κ2) is 7.22. The Morgan fingerprint density at radius 2 is 2.11 bits per heavy atom. The van der Waals surface area contributed by atoms with Crippen LogP contribution in [0.1, 0.15) is 23.4 Å². The van der Waals surface area contributed by atoms with E-state index in [0.717, 1.165) is 19.8 Å². The van der Waals surface area contributed by atoms with Crippen molar-refractivity contribution in [1.82, 2.24) is 5.32 Å². The van der Waals surface area contributed by atoms with Gasteiger partial charge < -0.3 is 5.32 Å². The molecule has 0 aliphatic carbocycles. The van der Waals surface area contributed by atoms with Crippen LogP contribution in [0.4, 0.5) is 0 Å². The molecule has 1 atom stereocenters. The first-order valence-corrected chi connectivity index (χ1v) is 9.52. The lowest BCUT2D eigenvalue weighted by Gasteiger charge is -2.18. The standard InChI is InChI=1S/C13H11Br2ClINS/c1-2-18-12(11-6-9(15)13(16)19-11)8-5-7(14)3-4-10(8)17/h3-6,12,18H,2H2,1H3. The van der Waals surface area contributed by atoms with Crippen molar-refractivity contribution in [3.05, 3.63) is 51.6 Å². The monoisotopic (exact) mass is 533 g/mol. The molecule has 1 aromatic heterocycles. The van der Waals surface area contributed by atoms with Crippen molar-refractivity contribution >= 4 is 77.4 Å². The highest BCUT2D eigenvalue weighted by Crippen LogP contribution is 2.38. The maximum absolute atomic E-state index is 6.16. The van der Waals surface area contributed by atoms with Crippen molar-refractivity contribution in [2.75, 3.05) is 6.54 Å². The van der Waals surface area contributed by atoms with E-state index in [1.807, 2.05) is 0 Å². The van der Waals surface area contributed by atoms with Gasteiger partial charge in [-0.15, -0.1) is 11.3 Å². The van der Waals surface area contributed by atoms with E-state index in [4.69, 9.17) is 11.6 Å². The summed E-state index contributed by atoms with van der Waals surface area (Å²) in [6, 6.07) is 8.61. The van der Waals surface area contributed by atoms with Crippen LogP contribution < -0.4 is 5.32 Å². The van der Waals surface area contributed by atoms with Gasteiger partial charge in [0.1, 0.15) is 4.34 Å².